The average molecular weight is 391 g/mol. The molecule has 3 aromatic rings. The van der Waals surface area contributed by atoms with Gasteiger partial charge in [0.1, 0.15) is 23.5 Å². The highest BCUT2D eigenvalue weighted by Crippen LogP contribution is 2.25. The monoisotopic (exact) mass is 391 g/mol. The second-order valence-corrected chi connectivity index (χ2v) is 7.01. The first-order valence-electron chi connectivity index (χ1n) is 9.44. The maximum absolute atomic E-state index is 14.3. The zero-order chi connectivity index (χ0) is 20.5. The van der Waals surface area contributed by atoms with Crippen molar-refractivity contribution in [2.45, 2.75) is 6.92 Å². The van der Waals surface area contributed by atoms with Crippen LogP contribution in [0.1, 0.15) is 5.69 Å². The molecule has 2 aromatic heterocycles. The number of rotatable bonds is 4. The topological polar surface area (TPSA) is 54.3 Å². The van der Waals surface area contributed by atoms with Gasteiger partial charge in [-0.05, 0) is 31.2 Å². The van der Waals surface area contributed by atoms with E-state index in [0.717, 1.165) is 37.7 Å². The number of halogens is 1. The fourth-order valence-corrected chi connectivity index (χ4v) is 3.75. The van der Waals surface area contributed by atoms with Gasteiger partial charge >= 0.3 is 0 Å². The minimum absolute atomic E-state index is 0.216. The Morgan fingerprint density at radius 3 is 2.59 bits per heavy atom. The second-order valence-electron chi connectivity index (χ2n) is 7.01. The van der Waals surface area contributed by atoms with E-state index in [1.165, 1.54) is 17.0 Å². The Morgan fingerprint density at radius 1 is 1.17 bits per heavy atom. The number of fused-ring (bicyclic) bond motifs is 1. The minimum Gasteiger partial charge on any atom is -0.368 e. The Labute approximate surface area is 168 Å². The van der Waals surface area contributed by atoms with Crippen LogP contribution >= 0.6 is 0 Å². The minimum atomic E-state index is -0.454. The fourth-order valence-electron chi connectivity index (χ4n) is 3.75. The highest BCUT2D eigenvalue weighted by atomic mass is 19.1. The Balaban J connectivity index is 1.78. The Bertz CT molecular complexity index is 1160. The number of hydrogen-bond donors (Lipinski definition) is 0. The van der Waals surface area contributed by atoms with E-state index < -0.39 is 5.82 Å². The van der Waals surface area contributed by atoms with Crippen LogP contribution in [0.4, 0.5) is 10.2 Å². The molecule has 0 atom stereocenters. The van der Waals surface area contributed by atoms with Gasteiger partial charge in [0.25, 0.3) is 5.56 Å². The van der Waals surface area contributed by atoms with Crippen LogP contribution in [0.2, 0.25) is 0 Å². The van der Waals surface area contributed by atoms with Crippen molar-refractivity contribution >= 4 is 16.7 Å². The van der Waals surface area contributed by atoms with Crippen LogP contribution in [-0.4, -0.2) is 45.6 Å². The number of hydrogen-bond acceptors (Lipinski definition) is 5. The second kappa shape index (κ2) is 7.50. The molecule has 0 aliphatic carbocycles. The van der Waals surface area contributed by atoms with Crippen LogP contribution in [-0.2, 0) is 0 Å². The highest BCUT2D eigenvalue weighted by molar-refractivity contribution is 5.89. The third-order valence-electron chi connectivity index (χ3n) is 5.29. The van der Waals surface area contributed by atoms with Gasteiger partial charge in [-0.2, -0.15) is 0 Å². The Kier molecular flexibility index (Phi) is 4.88. The van der Waals surface area contributed by atoms with Gasteiger partial charge in [0, 0.05) is 37.6 Å². The number of benzene rings is 1. The molecule has 1 aromatic carbocycles. The largest absolute Gasteiger partial charge is 0.368 e. The van der Waals surface area contributed by atoms with Crippen LogP contribution in [0, 0.1) is 12.7 Å². The van der Waals surface area contributed by atoms with Gasteiger partial charge in [-0.1, -0.05) is 25.3 Å². The standard InChI is InChI=1S/C22H22FN5O/c1-4-15(2)26-9-11-27(12-10-26)21-17-13-16(3)28(19-8-6-5-7-18(19)23)22(29)20(17)24-14-25-21/h4-8,13-14H,1-2,9-12H2,3H3. The van der Waals surface area contributed by atoms with Gasteiger partial charge < -0.3 is 9.80 Å². The smallest absolute Gasteiger partial charge is 0.282 e. The molecular formula is C22H22FN5O. The summed E-state index contributed by atoms with van der Waals surface area (Å²) in [5.41, 5.74) is 1.67. The maximum Gasteiger partial charge on any atom is 0.282 e. The van der Waals surface area contributed by atoms with Crippen LogP contribution in [0.25, 0.3) is 16.6 Å². The van der Waals surface area contributed by atoms with Crippen molar-refractivity contribution in [2.24, 2.45) is 0 Å². The quantitative estimate of drug-likeness (QED) is 0.640. The molecular weight excluding hydrogens is 369 g/mol. The number of pyridine rings is 1. The first-order chi connectivity index (χ1) is 14.0. The molecule has 0 N–H and O–H groups in total. The third kappa shape index (κ3) is 3.29. The lowest BCUT2D eigenvalue weighted by atomic mass is 10.2. The summed E-state index contributed by atoms with van der Waals surface area (Å²) in [5.74, 6) is 0.268. The lowest BCUT2D eigenvalue weighted by Crippen LogP contribution is -2.46. The molecule has 29 heavy (non-hydrogen) atoms. The lowest BCUT2D eigenvalue weighted by molar-refractivity contribution is 0.331. The van der Waals surface area contributed by atoms with Crippen LogP contribution in [0.5, 0.6) is 0 Å². The zero-order valence-electron chi connectivity index (χ0n) is 16.3. The molecule has 7 heteroatoms. The van der Waals surface area contributed by atoms with E-state index in [0.29, 0.717) is 11.1 Å². The molecule has 4 rings (SSSR count). The van der Waals surface area contributed by atoms with Crippen molar-refractivity contribution in [3.05, 3.63) is 83.5 Å². The molecule has 1 aliphatic heterocycles. The third-order valence-corrected chi connectivity index (χ3v) is 5.29. The number of aryl methyl sites for hydroxylation is 1. The number of para-hydroxylation sites is 1. The van der Waals surface area contributed by atoms with E-state index >= 15 is 0 Å². The Morgan fingerprint density at radius 2 is 1.90 bits per heavy atom. The van der Waals surface area contributed by atoms with Gasteiger partial charge in [0.15, 0.2) is 0 Å². The number of anilines is 1. The predicted molar refractivity (Wildman–Crippen MR) is 113 cm³/mol. The van der Waals surface area contributed by atoms with Gasteiger partial charge in [-0.3, -0.25) is 9.36 Å². The van der Waals surface area contributed by atoms with Crippen LogP contribution < -0.4 is 10.5 Å². The number of nitrogens with zero attached hydrogens (tertiary/aromatic N) is 5. The SMILES string of the molecule is C=CC(=C)N1CCN(c2ncnc3c(=O)n(-c4ccccc4F)c(C)cc23)CC1. The normalized spacial score (nSPS) is 14.3. The van der Waals surface area contributed by atoms with Crippen molar-refractivity contribution in [1.29, 1.82) is 0 Å². The number of allylic oxidation sites excluding steroid dienone is 1. The summed E-state index contributed by atoms with van der Waals surface area (Å²) in [4.78, 5) is 26.2. The van der Waals surface area contributed by atoms with E-state index in [1.54, 1.807) is 31.2 Å². The molecule has 3 heterocycles. The highest BCUT2D eigenvalue weighted by Gasteiger charge is 2.22. The van der Waals surface area contributed by atoms with E-state index in [4.69, 9.17) is 0 Å². The van der Waals surface area contributed by atoms with Crippen molar-refractivity contribution in [2.75, 3.05) is 31.1 Å². The van der Waals surface area contributed by atoms with Gasteiger partial charge in [-0.25, -0.2) is 14.4 Å². The molecule has 148 valence electrons. The zero-order valence-corrected chi connectivity index (χ0v) is 16.3. The average Bonchev–Trinajstić information content (AvgIpc) is 2.74. The maximum atomic E-state index is 14.3. The fraction of sp³-hybridized carbons (Fsp3) is 0.227. The lowest BCUT2D eigenvalue weighted by Gasteiger charge is -2.37. The molecule has 1 saturated heterocycles. The number of aromatic nitrogens is 3. The molecule has 0 radical (unpaired) electrons. The predicted octanol–water partition coefficient (Wildman–Crippen LogP) is 3.05. The summed E-state index contributed by atoms with van der Waals surface area (Å²) in [6.07, 6.45) is 3.15. The van der Waals surface area contributed by atoms with Gasteiger partial charge in [0.05, 0.1) is 11.1 Å². The Hall–Kier alpha value is -3.48. The molecule has 0 unspecified atom stereocenters. The van der Waals surface area contributed by atoms with Gasteiger partial charge in [-0.15, -0.1) is 0 Å². The molecule has 0 spiro atoms. The molecule has 6 nitrogen and oxygen atoms in total. The number of piperazine rings is 1. The molecule has 1 aliphatic rings. The van der Waals surface area contributed by atoms with Crippen molar-refractivity contribution in [3.8, 4) is 5.69 Å². The molecule has 0 saturated carbocycles. The van der Waals surface area contributed by atoms with Crippen LogP contribution in [0.3, 0.4) is 0 Å². The van der Waals surface area contributed by atoms with Crippen molar-refractivity contribution in [1.82, 2.24) is 19.4 Å². The van der Waals surface area contributed by atoms with Crippen molar-refractivity contribution < 1.29 is 4.39 Å². The van der Waals surface area contributed by atoms with E-state index in [1.807, 2.05) is 6.07 Å². The summed E-state index contributed by atoms with van der Waals surface area (Å²) >= 11 is 0. The van der Waals surface area contributed by atoms with Gasteiger partial charge in [0.2, 0.25) is 0 Å². The summed E-state index contributed by atoms with van der Waals surface area (Å²) in [5, 5.41) is 0.679. The van der Waals surface area contributed by atoms with Crippen LogP contribution in [0.15, 0.2) is 66.4 Å². The van der Waals surface area contributed by atoms with Crippen molar-refractivity contribution in [3.63, 3.8) is 0 Å². The van der Waals surface area contributed by atoms with E-state index in [2.05, 4.69) is 32.9 Å². The molecule has 0 bridgehead atoms. The summed E-state index contributed by atoms with van der Waals surface area (Å²) in [7, 11) is 0. The van der Waals surface area contributed by atoms with E-state index in [-0.39, 0.29) is 16.8 Å². The molecule has 1 fully saturated rings. The first-order valence-corrected chi connectivity index (χ1v) is 9.44. The summed E-state index contributed by atoms with van der Waals surface area (Å²) < 4.78 is 15.7. The first kappa shape index (κ1) is 18.9. The summed E-state index contributed by atoms with van der Waals surface area (Å²) in [6, 6.07) is 8.09. The molecule has 0 amide bonds. The summed E-state index contributed by atoms with van der Waals surface area (Å²) in [6.45, 7) is 12.6. The van der Waals surface area contributed by atoms with E-state index in [9.17, 15) is 9.18 Å².